The molecule has 1 aliphatic heterocycles. The zero-order valence-electron chi connectivity index (χ0n) is 16.4. The molecule has 1 heterocycles. The fourth-order valence-electron chi connectivity index (χ4n) is 3.09. The van der Waals surface area contributed by atoms with Crippen molar-refractivity contribution >= 4 is 33.2 Å². The molecule has 7 nitrogen and oxygen atoms in total. The molecule has 0 aromatic heterocycles. The maximum atomic E-state index is 12.5. The summed E-state index contributed by atoms with van der Waals surface area (Å²) in [6, 6.07) is 10.5. The molecule has 9 heteroatoms. The number of hydrogen-bond donors (Lipinski definition) is 1. The fourth-order valence-corrected chi connectivity index (χ4v) is 4.16. The zero-order chi connectivity index (χ0) is 21.2. The topological polar surface area (TPSA) is 84.9 Å². The highest BCUT2D eigenvalue weighted by atomic mass is 35.5. The van der Waals surface area contributed by atoms with E-state index in [4.69, 9.17) is 21.1 Å². The van der Waals surface area contributed by atoms with Crippen LogP contribution in [0, 0.1) is 13.8 Å². The van der Waals surface area contributed by atoms with Crippen molar-refractivity contribution in [2.75, 3.05) is 30.3 Å². The number of benzene rings is 2. The number of halogens is 1. The van der Waals surface area contributed by atoms with Gasteiger partial charge in [-0.2, -0.15) is 0 Å². The summed E-state index contributed by atoms with van der Waals surface area (Å²) in [5.74, 6) is 0.633. The molecule has 1 amide bonds. The average Bonchev–Trinajstić information content (AvgIpc) is 2.64. The van der Waals surface area contributed by atoms with E-state index in [1.165, 1.54) is 6.07 Å². The van der Waals surface area contributed by atoms with Gasteiger partial charge in [0.05, 0.1) is 25.0 Å². The van der Waals surface area contributed by atoms with Crippen LogP contribution >= 0.6 is 11.6 Å². The molecular weight excluding hydrogens is 416 g/mol. The maximum absolute atomic E-state index is 12.5. The van der Waals surface area contributed by atoms with Crippen LogP contribution in [0.2, 0.25) is 5.02 Å². The summed E-state index contributed by atoms with van der Waals surface area (Å²) in [4.78, 5) is 12.5. The largest absolute Gasteiger partial charge is 0.491 e. The Labute approximate surface area is 175 Å². The van der Waals surface area contributed by atoms with Crippen LogP contribution in [-0.2, 0) is 14.8 Å². The first kappa shape index (κ1) is 21.3. The van der Waals surface area contributed by atoms with Crippen LogP contribution < -0.4 is 19.1 Å². The molecule has 1 aliphatic rings. The van der Waals surface area contributed by atoms with Crippen molar-refractivity contribution in [1.29, 1.82) is 0 Å². The third-order valence-electron chi connectivity index (χ3n) is 4.47. The van der Waals surface area contributed by atoms with Gasteiger partial charge < -0.3 is 14.8 Å². The number of ether oxygens (including phenoxy) is 2. The van der Waals surface area contributed by atoms with E-state index in [9.17, 15) is 13.2 Å². The summed E-state index contributed by atoms with van der Waals surface area (Å²) >= 11 is 5.98. The van der Waals surface area contributed by atoms with Crippen molar-refractivity contribution in [2.24, 2.45) is 0 Å². The Morgan fingerprint density at radius 2 is 2.03 bits per heavy atom. The molecule has 0 bridgehead atoms. The quantitative estimate of drug-likeness (QED) is 0.701. The maximum Gasteiger partial charge on any atom is 0.263 e. The number of nitrogens with one attached hydrogen (secondary N) is 1. The van der Waals surface area contributed by atoms with Crippen LogP contribution in [-0.4, -0.2) is 46.4 Å². The second-order valence-corrected chi connectivity index (χ2v) is 9.26. The average molecular weight is 439 g/mol. The van der Waals surface area contributed by atoms with Crippen LogP contribution in [0.1, 0.15) is 11.1 Å². The summed E-state index contributed by atoms with van der Waals surface area (Å²) < 4.78 is 36.9. The Morgan fingerprint density at radius 3 is 2.72 bits per heavy atom. The minimum atomic E-state index is -3.60. The van der Waals surface area contributed by atoms with E-state index in [1.54, 1.807) is 12.1 Å². The van der Waals surface area contributed by atoms with Crippen molar-refractivity contribution in [2.45, 2.75) is 20.0 Å². The smallest absolute Gasteiger partial charge is 0.263 e. The molecule has 0 saturated carbocycles. The summed E-state index contributed by atoms with van der Waals surface area (Å²) in [5.41, 5.74) is 2.49. The predicted octanol–water partition coefficient (Wildman–Crippen LogP) is 2.68. The van der Waals surface area contributed by atoms with Crippen LogP contribution in [0.5, 0.6) is 11.5 Å². The number of aryl methyl sites for hydroxylation is 2. The number of anilines is 1. The molecule has 2 aromatic carbocycles. The van der Waals surface area contributed by atoms with E-state index in [0.29, 0.717) is 10.7 Å². The Kier molecular flexibility index (Phi) is 6.24. The molecule has 2 aromatic rings. The molecule has 0 radical (unpaired) electrons. The van der Waals surface area contributed by atoms with Crippen molar-refractivity contribution in [1.82, 2.24) is 5.32 Å². The van der Waals surface area contributed by atoms with Crippen LogP contribution in [0.25, 0.3) is 0 Å². The van der Waals surface area contributed by atoms with Crippen LogP contribution in [0.3, 0.4) is 0 Å². The molecule has 29 heavy (non-hydrogen) atoms. The van der Waals surface area contributed by atoms with E-state index in [0.717, 1.165) is 27.4 Å². The minimum absolute atomic E-state index is 0.129. The highest BCUT2D eigenvalue weighted by Gasteiger charge is 2.35. The summed E-state index contributed by atoms with van der Waals surface area (Å²) in [7, 11) is -3.60. The Balaban J connectivity index is 1.61. The van der Waals surface area contributed by atoms with Crippen molar-refractivity contribution in [3.8, 4) is 11.5 Å². The van der Waals surface area contributed by atoms with Gasteiger partial charge in [0.1, 0.15) is 18.1 Å². The number of fused-ring (bicyclic) bond motifs is 1. The SMILES string of the molecule is Cc1ccc(OCCNC(=O)[C@@H]2CN(S(C)(=O)=O)c3cc(Cl)ccc3O2)c(C)c1. The number of hydrogen-bond acceptors (Lipinski definition) is 5. The normalized spacial score (nSPS) is 16.0. The molecule has 1 atom stereocenters. The second-order valence-electron chi connectivity index (χ2n) is 6.92. The highest BCUT2D eigenvalue weighted by molar-refractivity contribution is 7.92. The van der Waals surface area contributed by atoms with E-state index in [-0.39, 0.29) is 25.4 Å². The Hall–Kier alpha value is -2.45. The monoisotopic (exact) mass is 438 g/mol. The van der Waals surface area contributed by atoms with Crippen molar-refractivity contribution in [3.05, 3.63) is 52.5 Å². The lowest BCUT2D eigenvalue weighted by atomic mass is 10.1. The highest BCUT2D eigenvalue weighted by Crippen LogP contribution is 2.37. The number of nitrogens with zero attached hydrogens (tertiary/aromatic N) is 1. The predicted molar refractivity (Wildman–Crippen MR) is 112 cm³/mol. The minimum Gasteiger partial charge on any atom is -0.491 e. The Bertz CT molecular complexity index is 1030. The third-order valence-corrected chi connectivity index (χ3v) is 5.85. The lowest BCUT2D eigenvalue weighted by Crippen LogP contribution is -2.51. The number of amides is 1. The molecule has 0 fully saturated rings. The first-order valence-electron chi connectivity index (χ1n) is 9.07. The van der Waals surface area contributed by atoms with Gasteiger partial charge in [0.25, 0.3) is 5.91 Å². The van der Waals surface area contributed by atoms with E-state index >= 15 is 0 Å². The fraction of sp³-hybridized carbons (Fsp3) is 0.350. The number of carbonyl (C=O) groups excluding carboxylic acids is 1. The van der Waals surface area contributed by atoms with Crippen LogP contribution in [0.4, 0.5) is 5.69 Å². The number of carbonyl (C=O) groups is 1. The molecular formula is C20H23ClN2O5S. The van der Waals surface area contributed by atoms with Crippen LogP contribution in [0.15, 0.2) is 36.4 Å². The van der Waals surface area contributed by atoms with Gasteiger partial charge >= 0.3 is 0 Å². The molecule has 0 spiro atoms. The standard InChI is InChI=1S/C20H23ClN2O5S/c1-13-4-6-17(14(2)10-13)27-9-8-22-20(24)19-12-23(29(3,25)26)16-11-15(21)5-7-18(16)28-19/h4-7,10-11,19H,8-9,12H2,1-3H3,(H,22,24)/t19-/m0/s1. The van der Waals surface area contributed by atoms with Gasteiger partial charge in [0, 0.05) is 5.02 Å². The van der Waals surface area contributed by atoms with E-state index in [2.05, 4.69) is 5.32 Å². The van der Waals surface area contributed by atoms with Gasteiger partial charge in [-0.1, -0.05) is 29.3 Å². The molecule has 156 valence electrons. The van der Waals surface area contributed by atoms with E-state index in [1.807, 2.05) is 32.0 Å². The van der Waals surface area contributed by atoms with E-state index < -0.39 is 22.0 Å². The van der Waals surface area contributed by atoms with Gasteiger partial charge in [-0.3, -0.25) is 9.10 Å². The second kappa shape index (κ2) is 8.51. The molecule has 0 unspecified atom stereocenters. The summed E-state index contributed by atoms with van der Waals surface area (Å²) in [6.07, 6.45) is 0.106. The van der Waals surface area contributed by atoms with Crippen molar-refractivity contribution < 1.29 is 22.7 Å². The molecule has 0 aliphatic carbocycles. The van der Waals surface area contributed by atoms with Gasteiger partial charge in [-0.05, 0) is 43.7 Å². The summed E-state index contributed by atoms with van der Waals surface area (Å²) in [6.45, 7) is 4.38. The number of rotatable bonds is 6. The summed E-state index contributed by atoms with van der Waals surface area (Å²) in [5, 5.41) is 3.11. The van der Waals surface area contributed by atoms with Gasteiger partial charge in [-0.15, -0.1) is 0 Å². The lowest BCUT2D eigenvalue weighted by molar-refractivity contribution is -0.127. The third kappa shape index (κ3) is 5.13. The van der Waals surface area contributed by atoms with Gasteiger partial charge in [0.15, 0.2) is 6.10 Å². The zero-order valence-corrected chi connectivity index (χ0v) is 18.0. The first-order chi connectivity index (χ1) is 13.6. The molecule has 3 rings (SSSR count). The van der Waals surface area contributed by atoms with Gasteiger partial charge in [-0.25, -0.2) is 8.42 Å². The first-order valence-corrected chi connectivity index (χ1v) is 11.3. The molecule has 1 N–H and O–H groups in total. The lowest BCUT2D eigenvalue weighted by Gasteiger charge is -2.34. The molecule has 0 saturated heterocycles. The van der Waals surface area contributed by atoms with Crippen molar-refractivity contribution in [3.63, 3.8) is 0 Å². The Morgan fingerprint density at radius 1 is 1.28 bits per heavy atom. The number of sulfonamides is 1. The van der Waals surface area contributed by atoms with Gasteiger partial charge in [0.2, 0.25) is 10.0 Å².